The van der Waals surface area contributed by atoms with Crippen molar-refractivity contribution in [2.45, 2.75) is 69.9 Å². The molecule has 0 aromatic rings. The molecule has 0 aromatic carbocycles. The Labute approximate surface area is 165 Å². The molecule has 0 spiro atoms. The Morgan fingerprint density at radius 3 is 2.59 bits per heavy atom. The lowest BCUT2D eigenvalue weighted by molar-refractivity contribution is 0.0191. The number of guanidine groups is 1. The maximum atomic E-state index is 5.71. The van der Waals surface area contributed by atoms with Crippen molar-refractivity contribution in [1.29, 1.82) is 0 Å². The molecule has 1 aliphatic carbocycles. The third kappa shape index (κ3) is 7.59. The minimum Gasteiger partial charge on any atom is -0.377 e. The van der Waals surface area contributed by atoms with E-state index < -0.39 is 0 Å². The normalized spacial score (nSPS) is 26.4. The lowest BCUT2D eigenvalue weighted by Crippen LogP contribution is -2.49. The molecule has 1 atom stereocenters. The molecule has 3 aliphatic rings. The summed E-state index contributed by atoms with van der Waals surface area (Å²) < 4.78 is 11.3. The highest BCUT2D eigenvalue weighted by Gasteiger charge is 2.23. The Morgan fingerprint density at radius 1 is 1.07 bits per heavy atom. The molecule has 2 N–H and O–H groups in total. The predicted octanol–water partition coefficient (Wildman–Crippen LogP) is 2.39. The first-order chi connectivity index (χ1) is 13.3. The van der Waals surface area contributed by atoms with Crippen LogP contribution < -0.4 is 10.6 Å². The standard InChI is InChI=1S/C21H40N4O2/c1-22-21(23-11-15-26-17-20-8-5-14-27-20)24-19-9-12-25(13-10-19)16-18-6-3-2-4-7-18/h18-20H,2-17H2,1H3,(H2,22,23,24). The Hall–Kier alpha value is -0.850. The second-order valence-corrected chi connectivity index (χ2v) is 8.43. The molecule has 3 rings (SSSR count). The SMILES string of the molecule is CN=C(NCCOCC1CCCO1)NC1CCN(CC2CCCCC2)CC1. The molecule has 1 saturated carbocycles. The van der Waals surface area contributed by atoms with Crippen molar-refractivity contribution in [2.24, 2.45) is 10.9 Å². The lowest BCUT2D eigenvalue weighted by atomic mass is 9.88. The zero-order chi connectivity index (χ0) is 18.7. The van der Waals surface area contributed by atoms with E-state index in [9.17, 15) is 0 Å². The maximum absolute atomic E-state index is 5.71. The Morgan fingerprint density at radius 2 is 1.89 bits per heavy atom. The highest BCUT2D eigenvalue weighted by Crippen LogP contribution is 2.25. The summed E-state index contributed by atoms with van der Waals surface area (Å²) in [6.07, 6.45) is 12.3. The monoisotopic (exact) mass is 380 g/mol. The minimum atomic E-state index is 0.307. The van der Waals surface area contributed by atoms with Gasteiger partial charge in [0.2, 0.25) is 0 Å². The fourth-order valence-electron chi connectivity index (χ4n) is 4.61. The number of piperidine rings is 1. The van der Waals surface area contributed by atoms with Gasteiger partial charge in [0.15, 0.2) is 5.96 Å². The average Bonchev–Trinajstić information content (AvgIpc) is 3.22. The molecule has 0 radical (unpaired) electrons. The van der Waals surface area contributed by atoms with E-state index in [1.165, 1.54) is 71.0 Å². The summed E-state index contributed by atoms with van der Waals surface area (Å²) >= 11 is 0. The van der Waals surface area contributed by atoms with Crippen molar-refractivity contribution in [3.05, 3.63) is 0 Å². The minimum absolute atomic E-state index is 0.307. The van der Waals surface area contributed by atoms with Gasteiger partial charge in [-0.3, -0.25) is 4.99 Å². The molecule has 0 aromatic heterocycles. The Balaban J connectivity index is 1.24. The molecule has 2 heterocycles. The van der Waals surface area contributed by atoms with Crippen molar-refractivity contribution in [3.63, 3.8) is 0 Å². The molecular weight excluding hydrogens is 340 g/mol. The van der Waals surface area contributed by atoms with Crippen LogP contribution in [0.25, 0.3) is 0 Å². The van der Waals surface area contributed by atoms with Gasteiger partial charge in [0.25, 0.3) is 0 Å². The molecule has 2 saturated heterocycles. The van der Waals surface area contributed by atoms with E-state index in [1.807, 2.05) is 7.05 Å². The van der Waals surface area contributed by atoms with E-state index in [2.05, 4.69) is 20.5 Å². The van der Waals surface area contributed by atoms with Gasteiger partial charge < -0.3 is 25.0 Å². The van der Waals surface area contributed by atoms with Crippen molar-refractivity contribution < 1.29 is 9.47 Å². The van der Waals surface area contributed by atoms with Crippen LogP contribution in [-0.2, 0) is 9.47 Å². The van der Waals surface area contributed by atoms with Gasteiger partial charge in [-0.05, 0) is 44.4 Å². The second kappa shape index (κ2) is 11.9. The lowest BCUT2D eigenvalue weighted by Gasteiger charge is -2.36. The van der Waals surface area contributed by atoms with Crippen molar-refractivity contribution in [3.8, 4) is 0 Å². The van der Waals surface area contributed by atoms with E-state index >= 15 is 0 Å². The molecule has 27 heavy (non-hydrogen) atoms. The van der Waals surface area contributed by atoms with Gasteiger partial charge in [-0.25, -0.2) is 0 Å². The fourth-order valence-corrected chi connectivity index (χ4v) is 4.61. The van der Waals surface area contributed by atoms with E-state index in [1.54, 1.807) is 0 Å². The van der Waals surface area contributed by atoms with Gasteiger partial charge in [0, 0.05) is 45.9 Å². The third-order valence-corrected chi connectivity index (χ3v) is 6.26. The van der Waals surface area contributed by atoms with Crippen LogP contribution >= 0.6 is 0 Å². The number of rotatable bonds is 8. The van der Waals surface area contributed by atoms with Gasteiger partial charge in [-0.2, -0.15) is 0 Å². The van der Waals surface area contributed by atoms with Crippen LogP contribution in [0.5, 0.6) is 0 Å². The fraction of sp³-hybridized carbons (Fsp3) is 0.952. The topological polar surface area (TPSA) is 58.1 Å². The average molecular weight is 381 g/mol. The van der Waals surface area contributed by atoms with Crippen molar-refractivity contribution in [1.82, 2.24) is 15.5 Å². The molecule has 6 heteroatoms. The van der Waals surface area contributed by atoms with E-state index in [0.717, 1.165) is 31.4 Å². The number of nitrogens with zero attached hydrogens (tertiary/aromatic N) is 2. The predicted molar refractivity (Wildman–Crippen MR) is 110 cm³/mol. The van der Waals surface area contributed by atoms with Crippen LogP contribution in [0.4, 0.5) is 0 Å². The maximum Gasteiger partial charge on any atom is 0.191 e. The van der Waals surface area contributed by atoms with Gasteiger partial charge in [-0.15, -0.1) is 0 Å². The summed E-state index contributed by atoms with van der Waals surface area (Å²) in [5.74, 6) is 1.86. The van der Waals surface area contributed by atoms with Crippen LogP contribution in [-0.4, -0.2) is 76.1 Å². The van der Waals surface area contributed by atoms with Gasteiger partial charge in [0.05, 0.1) is 19.3 Å². The molecule has 0 amide bonds. The van der Waals surface area contributed by atoms with E-state index in [0.29, 0.717) is 25.4 Å². The summed E-state index contributed by atoms with van der Waals surface area (Å²) in [6.45, 7) is 6.84. The summed E-state index contributed by atoms with van der Waals surface area (Å²) in [5, 5.41) is 6.97. The number of hydrogen-bond acceptors (Lipinski definition) is 4. The van der Waals surface area contributed by atoms with E-state index in [4.69, 9.17) is 9.47 Å². The summed E-state index contributed by atoms with van der Waals surface area (Å²) in [6, 6.07) is 0.534. The first-order valence-corrected chi connectivity index (χ1v) is 11.2. The summed E-state index contributed by atoms with van der Waals surface area (Å²) in [7, 11) is 1.85. The molecule has 0 bridgehead atoms. The van der Waals surface area contributed by atoms with Crippen LogP contribution in [0, 0.1) is 5.92 Å². The largest absolute Gasteiger partial charge is 0.377 e. The number of ether oxygens (including phenoxy) is 2. The smallest absolute Gasteiger partial charge is 0.191 e. The quantitative estimate of drug-likeness (QED) is 0.385. The number of aliphatic imine (C=N–C) groups is 1. The molecule has 156 valence electrons. The second-order valence-electron chi connectivity index (χ2n) is 8.43. The first-order valence-electron chi connectivity index (χ1n) is 11.2. The molecule has 1 unspecified atom stereocenters. The molecular formula is C21H40N4O2. The molecule has 2 aliphatic heterocycles. The van der Waals surface area contributed by atoms with Crippen LogP contribution in [0.1, 0.15) is 57.8 Å². The Bertz CT molecular complexity index is 426. The van der Waals surface area contributed by atoms with Crippen LogP contribution in [0.2, 0.25) is 0 Å². The highest BCUT2D eigenvalue weighted by molar-refractivity contribution is 5.79. The third-order valence-electron chi connectivity index (χ3n) is 6.26. The van der Waals surface area contributed by atoms with Crippen molar-refractivity contribution in [2.75, 3.05) is 53.0 Å². The highest BCUT2D eigenvalue weighted by atomic mass is 16.5. The zero-order valence-corrected chi connectivity index (χ0v) is 17.3. The van der Waals surface area contributed by atoms with E-state index in [-0.39, 0.29) is 0 Å². The number of likely N-dealkylation sites (tertiary alicyclic amines) is 1. The number of hydrogen-bond donors (Lipinski definition) is 2. The van der Waals surface area contributed by atoms with Crippen LogP contribution in [0.3, 0.4) is 0 Å². The van der Waals surface area contributed by atoms with Gasteiger partial charge in [-0.1, -0.05) is 19.3 Å². The number of nitrogens with one attached hydrogen (secondary N) is 2. The Kier molecular flexibility index (Phi) is 9.18. The van der Waals surface area contributed by atoms with Crippen LogP contribution in [0.15, 0.2) is 4.99 Å². The van der Waals surface area contributed by atoms with Crippen molar-refractivity contribution >= 4 is 5.96 Å². The zero-order valence-electron chi connectivity index (χ0n) is 17.3. The summed E-state index contributed by atoms with van der Waals surface area (Å²) in [4.78, 5) is 7.05. The molecule has 6 nitrogen and oxygen atoms in total. The molecule has 3 fully saturated rings. The summed E-state index contributed by atoms with van der Waals surface area (Å²) in [5.41, 5.74) is 0. The first kappa shape index (κ1) is 20.9. The van der Waals surface area contributed by atoms with Gasteiger partial charge in [0.1, 0.15) is 0 Å². The van der Waals surface area contributed by atoms with Gasteiger partial charge >= 0.3 is 0 Å².